The van der Waals surface area contributed by atoms with Crippen LogP contribution >= 0.6 is 23.7 Å². The van der Waals surface area contributed by atoms with Crippen LogP contribution in [0.5, 0.6) is 0 Å². The van der Waals surface area contributed by atoms with Crippen molar-refractivity contribution in [2.24, 2.45) is 11.7 Å². The molecule has 1 heterocycles. The Labute approximate surface area is 148 Å². The number of nitrogens with zero attached hydrogens (tertiary/aromatic N) is 1. The molecule has 0 bridgehead atoms. The number of halogens is 1. The van der Waals surface area contributed by atoms with Crippen molar-refractivity contribution in [3.05, 3.63) is 15.6 Å². The highest BCUT2D eigenvalue weighted by Crippen LogP contribution is 2.23. The average molecular weight is 363 g/mol. The molecule has 4 N–H and O–H groups in total. The van der Waals surface area contributed by atoms with Crippen molar-refractivity contribution in [2.75, 3.05) is 6.54 Å². The second-order valence-corrected chi connectivity index (χ2v) is 7.26. The lowest BCUT2D eigenvalue weighted by Gasteiger charge is -2.14. The molecule has 1 aromatic heterocycles. The fourth-order valence-electron chi connectivity index (χ4n) is 1.90. The molecule has 0 spiro atoms. The van der Waals surface area contributed by atoms with Gasteiger partial charge in [0.2, 0.25) is 11.8 Å². The molecule has 1 rings (SSSR count). The number of hydrogen-bond acceptors (Lipinski definition) is 5. The van der Waals surface area contributed by atoms with E-state index in [-0.39, 0.29) is 36.7 Å². The highest BCUT2D eigenvalue weighted by atomic mass is 35.5. The Kier molecular flexibility index (Phi) is 9.34. The van der Waals surface area contributed by atoms with Crippen LogP contribution in [-0.2, 0) is 16.1 Å². The van der Waals surface area contributed by atoms with Gasteiger partial charge in [-0.3, -0.25) is 9.59 Å². The number of carbonyl (C=O) groups is 2. The monoisotopic (exact) mass is 362 g/mol. The molecule has 1 atom stereocenters. The first-order valence-corrected chi connectivity index (χ1v) is 8.30. The van der Waals surface area contributed by atoms with E-state index in [1.54, 1.807) is 11.3 Å². The summed E-state index contributed by atoms with van der Waals surface area (Å²) < 4.78 is 0. The van der Waals surface area contributed by atoms with Crippen molar-refractivity contribution in [3.63, 3.8) is 0 Å². The molecule has 8 heteroatoms. The van der Waals surface area contributed by atoms with Crippen molar-refractivity contribution >= 4 is 35.6 Å². The maximum atomic E-state index is 11.7. The number of hydrogen-bond donors (Lipinski definition) is 3. The van der Waals surface area contributed by atoms with E-state index in [1.807, 2.05) is 20.8 Å². The first kappa shape index (κ1) is 21.8. The average Bonchev–Trinajstić information content (AvgIpc) is 2.82. The van der Waals surface area contributed by atoms with Crippen LogP contribution < -0.4 is 16.4 Å². The molecule has 0 aliphatic rings. The molecule has 0 aliphatic carbocycles. The van der Waals surface area contributed by atoms with Gasteiger partial charge in [-0.2, -0.15) is 0 Å². The van der Waals surface area contributed by atoms with Gasteiger partial charge in [-0.1, -0.05) is 27.7 Å². The maximum absolute atomic E-state index is 11.7. The van der Waals surface area contributed by atoms with E-state index in [9.17, 15) is 9.59 Å². The molecule has 1 aromatic rings. The Hall–Kier alpha value is -1.18. The number of thiazole rings is 1. The van der Waals surface area contributed by atoms with Gasteiger partial charge < -0.3 is 16.4 Å². The van der Waals surface area contributed by atoms with Gasteiger partial charge in [0.25, 0.3) is 0 Å². The maximum Gasteiger partial charge on any atom is 0.239 e. The number of rotatable bonds is 7. The summed E-state index contributed by atoms with van der Waals surface area (Å²) in [6, 6.07) is -0.594. The molecule has 6 nitrogen and oxygen atoms in total. The van der Waals surface area contributed by atoms with E-state index < -0.39 is 6.04 Å². The van der Waals surface area contributed by atoms with E-state index in [1.165, 1.54) is 4.88 Å². The summed E-state index contributed by atoms with van der Waals surface area (Å²) in [7, 11) is 0. The number of carbonyl (C=O) groups excluding carboxylic acids is 2. The fourth-order valence-corrected chi connectivity index (χ4v) is 2.93. The van der Waals surface area contributed by atoms with Gasteiger partial charge >= 0.3 is 0 Å². The van der Waals surface area contributed by atoms with Gasteiger partial charge in [0.15, 0.2) is 0 Å². The molecule has 0 saturated heterocycles. The molecule has 0 aromatic carbocycles. The molecule has 0 saturated carbocycles. The number of amides is 2. The second kappa shape index (κ2) is 9.85. The van der Waals surface area contributed by atoms with Crippen molar-refractivity contribution < 1.29 is 9.59 Å². The molecule has 0 radical (unpaired) electrons. The zero-order chi connectivity index (χ0) is 16.9. The molecule has 0 unspecified atom stereocenters. The quantitative estimate of drug-likeness (QED) is 0.687. The van der Waals surface area contributed by atoms with Crippen LogP contribution in [0.3, 0.4) is 0 Å². The molecular weight excluding hydrogens is 336 g/mol. The Bertz CT molecular complexity index is 532. The zero-order valence-electron chi connectivity index (χ0n) is 14.3. The van der Waals surface area contributed by atoms with Crippen LogP contribution in [0, 0.1) is 12.8 Å². The summed E-state index contributed by atoms with van der Waals surface area (Å²) >= 11 is 1.58. The van der Waals surface area contributed by atoms with Gasteiger partial charge in [-0.05, 0) is 18.8 Å². The predicted octanol–water partition coefficient (Wildman–Crippen LogP) is 1.71. The summed E-state index contributed by atoms with van der Waals surface area (Å²) in [5.74, 6) is -0.145. The van der Waals surface area contributed by atoms with Crippen molar-refractivity contribution in [2.45, 2.75) is 53.1 Å². The minimum Gasteiger partial charge on any atom is -0.348 e. The third-order valence-electron chi connectivity index (χ3n) is 3.30. The van der Waals surface area contributed by atoms with E-state index in [4.69, 9.17) is 5.73 Å². The van der Waals surface area contributed by atoms with Gasteiger partial charge in [0.1, 0.15) is 5.01 Å². The van der Waals surface area contributed by atoms with Crippen molar-refractivity contribution in [1.82, 2.24) is 15.6 Å². The minimum absolute atomic E-state index is 0. The van der Waals surface area contributed by atoms with Crippen molar-refractivity contribution in [3.8, 4) is 0 Å². The molecule has 0 fully saturated rings. The summed E-state index contributed by atoms with van der Waals surface area (Å²) in [6.45, 7) is 10.3. The number of aromatic nitrogens is 1. The van der Waals surface area contributed by atoms with E-state index in [2.05, 4.69) is 29.5 Å². The normalized spacial score (nSPS) is 12.0. The molecule has 2 amide bonds. The van der Waals surface area contributed by atoms with Gasteiger partial charge in [-0.15, -0.1) is 23.7 Å². The zero-order valence-corrected chi connectivity index (χ0v) is 15.9. The lowest BCUT2D eigenvalue weighted by atomic mass is 10.1. The molecule has 132 valence electrons. The molecule has 0 aliphatic heterocycles. The summed E-state index contributed by atoms with van der Waals surface area (Å²) in [6.07, 6.45) is 0. The number of nitrogens with one attached hydrogen (secondary N) is 2. The minimum atomic E-state index is -0.594. The molecule has 23 heavy (non-hydrogen) atoms. The van der Waals surface area contributed by atoms with Crippen LogP contribution in [0.2, 0.25) is 0 Å². The number of aryl methyl sites for hydroxylation is 1. The van der Waals surface area contributed by atoms with Crippen LogP contribution in [-0.4, -0.2) is 29.4 Å². The fraction of sp³-hybridized carbons (Fsp3) is 0.667. The van der Waals surface area contributed by atoms with Crippen molar-refractivity contribution in [1.29, 1.82) is 0 Å². The highest BCUT2D eigenvalue weighted by molar-refractivity contribution is 7.11. The van der Waals surface area contributed by atoms with Crippen LogP contribution in [0.4, 0.5) is 0 Å². The first-order valence-electron chi connectivity index (χ1n) is 7.48. The second-order valence-electron chi connectivity index (χ2n) is 5.97. The topological polar surface area (TPSA) is 97.1 Å². The largest absolute Gasteiger partial charge is 0.348 e. The standard InChI is InChI=1S/C15H26N4O2S.ClH/c1-8(2)13(16)15(21)18-6-11(20)17-7-12-19-14(9(3)4)10(5)22-12;/h8-9,13H,6-7,16H2,1-5H3,(H,17,20)(H,18,21);1H/t13-;/m0./s1. The summed E-state index contributed by atoms with van der Waals surface area (Å²) in [4.78, 5) is 29.1. The van der Waals surface area contributed by atoms with E-state index >= 15 is 0 Å². The van der Waals surface area contributed by atoms with Gasteiger partial charge in [-0.25, -0.2) is 4.98 Å². The predicted molar refractivity (Wildman–Crippen MR) is 95.9 cm³/mol. The lowest BCUT2D eigenvalue weighted by molar-refractivity contribution is -0.127. The lowest BCUT2D eigenvalue weighted by Crippen LogP contribution is -2.47. The van der Waals surface area contributed by atoms with E-state index in [0.29, 0.717) is 12.5 Å². The van der Waals surface area contributed by atoms with Crippen LogP contribution in [0.1, 0.15) is 49.2 Å². The summed E-state index contributed by atoms with van der Waals surface area (Å²) in [5.41, 5.74) is 6.78. The smallest absolute Gasteiger partial charge is 0.239 e. The highest BCUT2D eigenvalue weighted by Gasteiger charge is 2.17. The first-order chi connectivity index (χ1) is 10.2. The Balaban J connectivity index is 0.00000484. The third kappa shape index (κ3) is 6.85. The molecular formula is C15H27ClN4O2S. The Morgan fingerprint density at radius 2 is 1.83 bits per heavy atom. The van der Waals surface area contributed by atoms with Crippen LogP contribution in [0.25, 0.3) is 0 Å². The van der Waals surface area contributed by atoms with Gasteiger partial charge in [0.05, 0.1) is 24.8 Å². The summed E-state index contributed by atoms with van der Waals surface area (Å²) in [5, 5.41) is 6.17. The Morgan fingerprint density at radius 1 is 1.22 bits per heavy atom. The number of nitrogens with two attached hydrogens (primary N) is 1. The third-order valence-corrected chi connectivity index (χ3v) is 4.29. The van der Waals surface area contributed by atoms with E-state index in [0.717, 1.165) is 10.7 Å². The van der Waals surface area contributed by atoms with Gasteiger partial charge in [0, 0.05) is 4.88 Å². The Morgan fingerprint density at radius 3 is 2.30 bits per heavy atom. The SMILES string of the molecule is Cc1sc(CNC(=O)CNC(=O)[C@@H](N)C(C)C)nc1C(C)C.Cl. The van der Waals surface area contributed by atoms with Crippen LogP contribution in [0.15, 0.2) is 0 Å².